The van der Waals surface area contributed by atoms with E-state index in [1.807, 2.05) is 9.80 Å². The summed E-state index contributed by atoms with van der Waals surface area (Å²) in [5.74, 6) is 1.50. The number of nitrogens with zero attached hydrogens (tertiary/aromatic N) is 4. The Kier molecular flexibility index (Phi) is 6.78. The normalized spacial score (nSPS) is 17.3. The highest BCUT2D eigenvalue weighted by molar-refractivity contribution is 5.69. The number of hydrogen-bond donors (Lipinski definition) is 1. The highest BCUT2D eigenvalue weighted by atomic mass is 19.4. The highest BCUT2D eigenvalue weighted by Crippen LogP contribution is 2.33. The summed E-state index contributed by atoms with van der Waals surface area (Å²) in [7, 11) is 0. The van der Waals surface area contributed by atoms with Crippen LogP contribution in [-0.2, 0) is 12.7 Å². The molecule has 2 heterocycles. The first-order valence-corrected chi connectivity index (χ1v) is 10.8. The van der Waals surface area contributed by atoms with E-state index in [1.165, 1.54) is 25.0 Å². The number of carbonyl (C=O) groups is 1. The number of nitrogens with one attached hydrogen (secondary N) is 1. The van der Waals surface area contributed by atoms with Crippen molar-refractivity contribution < 1.29 is 22.7 Å². The van der Waals surface area contributed by atoms with Gasteiger partial charge in [0.2, 0.25) is 5.88 Å². The standard InChI is InChI=1S/C22H26F3N5O2/c23-22(24,25)18-4-2-1-3-17(18)15-29-11-13-30(14-12-29)19-7-8-20(28-27-19)32-21(31)26-10-9-16-5-6-16/h1-4,7-8,16H,5-6,9-15H2,(H,26,31). The second kappa shape index (κ2) is 9.72. The second-order valence-electron chi connectivity index (χ2n) is 8.20. The fraction of sp³-hybridized carbons (Fsp3) is 0.500. The van der Waals surface area contributed by atoms with Gasteiger partial charge in [-0.05, 0) is 30.0 Å². The molecule has 2 aliphatic rings. The summed E-state index contributed by atoms with van der Waals surface area (Å²) in [6.07, 6.45) is -1.46. The molecule has 1 aromatic heterocycles. The molecular formula is C22H26F3N5O2. The summed E-state index contributed by atoms with van der Waals surface area (Å²) < 4.78 is 44.8. The van der Waals surface area contributed by atoms with E-state index in [-0.39, 0.29) is 18.0 Å². The molecule has 0 unspecified atom stereocenters. The Morgan fingerprint density at radius 1 is 1.06 bits per heavy atom. The lowest BCUT2D eigenvalue weighted by molar-refractivity contribution is -0.138. The van der Waals surface area contributed by atoms with Crippen molar-refractivity contribution in [2.45, 2.75) is 32.0 Å². The van der Waals surface area contributed by atoms with Gasteiger partial charge in [0.25, 0.3) is 0 Å². The van der Waals surface area contributed by atoms with E-state index < -0.39 is 17.8 Å². The number of ether oxygens (including phenoxy) is 1. The van der Waals surface area contributed by atoms with Gasteiger partial charge in [0.1, 0.15) is 0 Å². The number of anilines is 1. The van der Waals surface area contributed by atoms with E-state index in [0.29, 0.717) is 38.5 Å². The molecule has 1 saturated carbocycles. The molecule has 7 nitrogen and oxygen atoms in total. The number of carbonyl (C=O) groups excluding carboxylic acids is 1. The molecule has 172 valence electrons. The van der Waals surface area contributed by atoms with Gasteiger partial charge in [0, 0.05) is 45.3 Å². The maximum atomic E-state index is 13.2. The molecule has 1 amide bonds. The number of rotatable bonds is 7. The molecule has 32 heavy (non-hydrogen) atoms. The maximum absolute atomic E-state index is 13.2. The molecule has 1 aliphatic heterocycles. The minimum atomic E-state index is -4.36. The van der Waals surface area contributed by atoms with Crippen LogP contribution >= 0.6 is 0 Å². The van der Waals surface area contributed by atoms with Crippen molar-refractivity contribution in [1.29, 1.82) is 0 Å². The molecule has 0 radical (unpaired) electrons. The molecular weight excluding hydrogens is 423 g/mol. The number of alkyl halides is 3. The summed E-state index contributed by atoms with van der Waals surface area (Å²) in [5.41, 5.74) is -0.300. The molecule has 2 aromatic rings. The summed E-state index contributed by atoms with van der Waals surface area (Å²) in [6.45, 7) is 3.28. The van der Waals surface area contributed by atoms with Gasteiger partial charge in [-0.2, -0.15) is 13.2 Å². The molecule has 1 saturated heterocycles. The Bertz CT molecular complexity index is 911. The largest absolute Gasteiger partial charge is 0.416 e. The van der Waals surface area contributed by atoms with Gasteiger partial charge in [-0.15, -0.1) is 10.2 Å². The van der Waals surface area contributed by atoms with Gasteiger partial charge >= 0.3 is 12.3 Å². The van der Waals surface area contributed by atoms with Crippen LogP contribution in [-0.4, -0.2) is 53.9 Å². The zero-order valence-corrected chi connectivity index (χ0v) is 17.6. The number of halogens is 3. The van der Waals surface area contributed by atoms with Crippen LogP contribution in [0.15, 0.2) is 36.4 Å². The summed E-state index contributed by atoms with van der Waals surface area (Å²) in [6, 6.07) is 9.02. The number of benzene rings is 1. The zero-order valence-electron chi connectivity index (χ0n) is 17.6. The molecule has 1 aliphatic carbocycles. The monoisotopic (exact) mass is 449 g/mol. The van der Waals surface area contributed by atoms with E-state index in [0.717, 1.165) is 18.4 Å². The van der Waals surface area contributed by atoms with Crippen LogP contribution in [0, 0.1) is 5.92 Å². The quantitative estimate of drug-likeness (QED) is 0.695. The maximum Gasteiger partial charge on any atom is 0.416 e. The van der Waals surface area contributed by atoms with Gasteiger partial charge < -0.3 is 15.0 Å². The molecule has 1 N–H and O–H groups in total. The smallest absolute Gasteiger partial charge is 0.390 e. The van der Waals surface area contributed by atoms with Crippen LogP contribution in [0.2, 0.25) is 0 Å². The van der Waals surface area contributed by atoms with Gasteiger partial charge in [-0.3, -0.25) is 4.90 Å². The Labute approximate surface area is 184 Å². The highest BCUT2D eigenvalue weighted by Gasteiger charge is 2.33. The van der Waals surface area contributed by atoms with Gasteiger partial charge in [0.05, 0.1) is 5.56 Å². The third kappa shape index (κ3) is 6.09. The summed E-state index contributed by atoms with van der Waals surface area (Å²) in [4.78, 5) is 15.8. The molecule has 0 bridgehead atoms. The Balaban J connectivity index is 1.25. The third-order valence-electron chi connectivity index (χ3n) is 5.76. The summed E-state index contributed by atoms with van der Waals surface area (Å²) in [5, 5.41) is 10.8. The molecule has 2 fully saturated rings. The molecule has 0 atom stereocenters. The molecule has 0 spiro atoms. The lowest BCUT2D eigenvalue weighted by Gasteiger charge is -2.35. The van der Waals surface area contributed by atoms with Crippen LogP contribution in [0.25, 0.3) is 0 Å². The number of amides is 1. The topological polar surface area (TPSA) is 70.6 Å². The van der Waals surface area contributed by atoms with Crippen molar-refractivity contribution in [2.24, 2.45) is 5.92 Å². The van der Waals surface area contributed by atoms with Crippen LogP contribution < -0.4 is 15.0 Å². The van der Waals surface area contributed by atoms with Gasteiger partial charge in [-0.25, -0.2) is 4.79 Å². The molecule has 4 rings (SSSR count). The number of piperazine rings is 1. The first kappa shape index (κ1) is 22.3. The summed E-state index contributed by atoms with van der Waals surface area (Å²) >= 11 is 0. The average Bonchev–Trinajstić information content (AvgIpc) is 3.59. The van der Waals surface area contributed by atoms with Gasteiger partial charge in [0.15, 0.2) is 5.82 Å². The third-order valence-corrected chi connectivity index (χ3v) is 5.76. The molecule has 10 heteroatoms. The number of hydrogen-bond acceptors (Lipinski definition) is 6. The zero-order chi connectivity index (χ0) is 22.6. The minimum absolute atomic E-state index is 0.125. The van der Waals surface area contributed by atoms with E-state index in [2.05, 4.69) is 15.5 Å². The van der Waals surface area contributed by atoms with Crippen molar-refractivity contribution in [2.75, 3.05) is 37.6 Å². The molecule has 1 aromatic carbocycles. The van der Waals surface area contributed by atoms with Crippen molar-refractivity contribution in [3.8, 4) is 5.88 Å². The van der Waals surface area contributed by atoms with Crippen molar-refractivity contribution in [3.63, 3.8) is 0 Å². The fourth-order valence-electron chi connectivity index (χ4n) is 3.76. The Morgan fingerprint density at radius 3 is 2.47 bits per heavy atom. The van der Waals surface area contributed by atoms with E-state index in [1.54, 1.807) is 18.2 Å². The fourth-order valence-corrected chi connectivity index (χ4v) is 3.76. The number of aromatic nitrogens is 2. The predicted molar refractivity (Wildman–Crippen MR) is 112 cm³/mol. The lowest BCUT2D eigenvalue weighted by atomic mass is 10.1. The SMILES string of the molecule is O=C(NCCC1CC1)Oc1ccc(N2CCN(Cc3ccccc3C(F)(F)F)CC2)nn1. The van der Waals surface area contributed by atoms with E-state index in [4.69, 9.17) is 4.74 Å². The van der Waals surface area contributed by atoms with Crippen LogP contribution in [0.5, 0.6) is 5.88 Å². The van der Waals surface area contributed by atoms with Crippen LogP contribution in [0.3, 0.4) is 0 Å². The van der Waals surface area contributed by atoms with Crippen LogP contribution in [0.1, 0.15) is 30.4 Å². The van der Waals surface area contributed by atoms with Crippen molar-refractivity contribution >= 4 is 11.9 Å². The Hall–Kier alpha value is -2.88. The minimum Gasteiger partial charge on any atom is -0.390 e. The van der Waals surface area contributed by atoms with Crippen molar-refractivity contribution in [1.82, 2.24) is 20.4 Å². The Morgan fingerprint density at radius 2 is 1.81 bits per heavy atom. The second-order valence-corrected chi connectivity index (χ2v) is 8.20. The predicted octanol–water partition coefficient (Wildman–Crippen LogP) is 3.71. The van der Waals surface area contributed by atoms with Crippen LogP contribution in [0.4, 0.5) is 23.8 Å². The first-order chi connectivity index (χ1) is 15.4. The first-order valence-electron chi connectivity index (χ1n) is 10.8. The van der Waals surface area contributed by atoms with Crippen molar-refractivity contribution in [3.05, 3.63) is 47.5 Å². The lowest BCUT2D eigenvalue weighted by Crippen LogP contribution is -2.46. The average molecular weight is 449 g/mol. The van der Waals surface area contributed by atoms with Gasteiger partial charge in [-0.1, -0.05) is 31.0 Å². The van der Waals surface area contributed by atoms with E-state index >= 15 is 0 Å². The van der Waals surface area contributed by atoms with E-state index in [9.17, 15) is 18.0 Å².